The van der Waals surface area contributed by atoms with Crippen LogP contribution in [0.3, 0.4) is 0 Å². The fourth-order valence-corrected chi connectivity index (χ4v) is 1.74. The van der Waals surface area contributed by atoms with Crippen molar-refractivity contribution in [3.8, 4) is 11.8 Å². The van der Waals surface area contributed by atoms with Crippen LogP contribution < -0.4 is 4.74 Å². The molecule has 1 rings (SSSR count). The molecule has 0 aliphatic heterocycles. The maximum atomic E-state index is 9.27. The number of nitrogens with zero attached hydrogens (tertiary/aromatic N) is 1. The molecule has 92 valence electrons. The van der Waals surface area contributed by atoms with E-state index in [-0.39, 0.29) is 6.61 Å². The molecule has 1 N–H and O–H groups in total. The monoisotopic (exact) mass is 233 g/mol. The summed E-state index contributed by atoms with van der Waals surface area (Å²) in [7, 11) is 1.62. The first kappa shape index (κ1) is 13.5. The lowest BCUT2D eigenvalue weighted by molar-refractivity contribution is 0.189. The van der Waals surface area contributed by atoms with Gasteiger partial charge in [0.05, 0.1) is 25.2 Å². The summed E-state index contributed by atoms with van der Waals surface area (Å²) < 4.78 is 5.29. The zero-order valence-corrected chi connectivity index (χ0v) is 10.7. The minimum absolute atomic E-state index is 0.150. The highest BCUT2D eigenvalue weighted by atomic mass is 16.5. The highest BCUT2D eigenvalue weighted by molar-refractivity contribution is 5.38. The SMILES string of the molecule is CCc1ccc(OC)c(CC(C)(C#N)CO)c1. The lowest BCUT2D eigenvalue weighted by Gasteiger charge is -2.20. The van der Waals surface area contributed by atoms with Crippen molar-refractivity contribution < 1.29 is 9.84 Å². The summed E-state index contributed by atoms with van der Waals surface area (Å²) in [6, 6.07) is 8.14. The molecule has 0 aliphatic carbocycles. The molecular weight excluding hydrogens is 214 g/mol. The molecule has 0 radical (unpaired) electrons. The summed E-state index contributed by atoms with van der Waals surface area (Å²) in [5.41, 5.74) is 1.43. The Morgan fingerprint density at radius 1 is 1.47 bits per heavy atom. The molecule has 0 amide bonds. The second kappa shape index (κ2) is 5.70. The van der Waals surface area contributed by atoms with Crippen LogP contribution in [-0.2, 0) is 12.8 Å². The molecule has 0 aromatic heterocycles. The molecule has 0 spiro atoms. The summed E-state index contributed by atoms with van der Waals surface area (Å²) in [4.78, 5) is 0. The third kappa shape index (κ3) is 3.21. The first-order valence-corrected chi connectivity index (χ1v) is 5.76. The molecule has 3 nitrogen and oxygen atoms in total. The minimum atomic E-state index is -0.750. The minimum Gasteiger partial charge on any atom is -0.496 e. The second-order valence-corrected chi connectivity index (χ2v) is 4.51. The number of aliphatic hydroxyl groups is 1. The van der Waals surface area contributed by atoms with Gasteiger partial charge in [-0.15, -0.1) is 0 Å². The van der Waals surface area contributed by atoms with Gasteiger partial charge < -0.3 is 9.84 Å². The average molecular weight is 233 g/mol. The quantitative estimate of drug-likeness (QED) is 0.849. The summed E-state index contributed by atoms with van der Waals surface area (Å²) in [5.74, 6) is 0.775. The lowest BCUT2D eigenvalue weighted by Crippen LogP contribution is -2.22. The summed E-state index contributed by atoms with van der Waals surface area (Å²) in [6.45, 7) is 3.69. The number of rotatable bonds is 5. The van der Waals surface area contributed by atoms with E-state index in [1.807, 2.05) is 18.2 Å². The number of ether oxygens (including phenoxy) is 1. The number of aryl methyl sites for hydroxylation is 1. The van der Waals surface area contributed by atoms with Gasteiger partial charge in [0.1, 0.15) is 5.75 Å². The molecule has 17 heavy (non-hydrogen) atoms. The van der Waals surface area contributed by atoms with Gasteiger partial charge in [0.25, 0.3) is 0 Å². The van der Waals surface area contributed by atoms with Crippen molar-refractivity contribution in [3.63, 3.8) is 0 Å². The first-order valence-electron chi connectivity index (χ1n) is 5.76. The van der Waals surface area contributed by atoms with Gasteiger partial charge in [0.15, 0.2) is 0 Å². The molecule has 0 saturated carbocycles. The van der Waals surface area contributed by atoms with E-state index in [1.165, 1.54) is 5.56 Å². The van der Waals surface area contributed by atoms with Crippen molar-refractivity contribution >= 4 is 0 Å². The van der Waals surface area contributed by atoms with Crippen LogP contribution in [0.15, 0.2) is 18.2 Å². The molecule has 0 bridgehead atoms. The van der Waals surface area contributed by atoms with Crippen LogP contribution in [0.1, 0.15) is 25.0 Å². The smallest absolute Gasteiger partial charge is 0.122 e. The van der Waals surface area contributed by atoms with Crippen LogP contribution in [0.25, 0.3) is 0 Å². The highest BCUT2D eigenvalue weighted by Gasteiger charge is 2.25. The highest BCUT2D eigenvalue weighted by Crippen LogP contribution is 2.28. The number of hydrogen-bond acceptors (Lipinski definition) is 3. The predicted octanol–water partition coefficient (Wildman–Crippen LogP) is 2.32. The van der Waals surface area contributed by atoms with Gasteiger partial charge in [-0.25, -0.2) is 0 Å². The van der Waals surface area contributed by atoms with E-state index < -0.39 is 5.41 Å². The van der Waals surface area contributed by atoms with Crippen molar-refractivity contribution in [1.82, 2.24) is 0 Å². The van der Waals surface area contributed by atoms with Gasteiger partial charge in [-0.1, -0.05) is 19.1 Å². The van der Waals surface area contributed by atoms with Crippen molar-refractivity contribution in [2.75, 3.05) is 13.7 Å². The topological polar surface area (TPSA) is 53.2 Å². The zero-order valence-electron chi connectivity index (χ0n) is 10.7. The molecule has 3 heteroatoms. The standard InChI is InChI=1S/C14H19NO2/c1-4-11-5-6-13(17-3)12(7-11)8-14(2,9-15)10-16/h5-7,16H,4,8,10H2,1-3H3. The third-order valence-electron chi connectivity index (χ3n) is 2.95. The van der Waals surface area contributed by atoms with Gasteiger partial charge in [-0.2, -0.15) is 5.26 Å². The Hall–Kier alpha value is -1.53. The van der Waals surface area contributed by atoms with Crippen LogP contribution in [0.2, 0.25) is 0 Å². The Morgan fingerprint density at radius 3 is 2.65 bits per heavy atom. The lowest BCUT2D eigenvalue weighted by atomic mass is 9.85. The molecule has 1 aromatic rings. The van der Waals surface area contributed by atoms with E-state index in [0.29, 0.717) is 6.42 Å². The first-order chi connectivity index (χ1) is 8.08. The summed E-state index contributed by atoms with van der Waals surface area (Å²) in [6.07, 6.45) is 1.44. The van der Waals surface area contributed by atoms with E-state index in [2.05, 4.69) is 13.0 Å². The fraction of sp³-hybridized carbons (Fsp3) is 0.500. The van der Waals surface area contributed by atoms with E-state index in [4.69, 9.17) is 10.00 Å². The van der Waals surface area contributed by atoms with E-state index in [0.717, 1.165) is 17.7 Å². The third-order valence-corrected chi connectivity index (χ3v) is 2.95. The van der Waals surface area contributed by atoms with Crippen molar-refractivity contribution in [3.05, 3.63) is 29.3 Å². The Kier molecular flexibility index (Phi) is 4.53. The summed E-state index contributed by atoms with van der Waals surface area (Å²) >= 11 is 0. The van der Waals surface area contributed by atoms with E-state index >= 15 is 0 Å². The van der Waals surface area contributed by atoms with Crippen LogP contribution in [0.4, 0.5) is 0 Å². The van der Waals surface area contributed by atoms with Gasteiger partial charge in [-0.05, 0) is 37.0 Å². The largest absolute Gasteiger partial charge is 0.496 e. The Balaban J connectivity index is 3.07. The predicted molar refractivity (Wildman–Crippen MR) is 66.9 cm³/mol. The van der Waals surface area contributed by atoms with Gasteiger partial charge >= 0.3 is 0 Å². The number of hydrogen-bond donors (Lipinski definition) is 1. The maximum Gasteiger partial charge on any atom is 0.122 e. The number of methoxy groups -OCH3 is 1. The van der Waals surface area contributed by atoms with E-state index in [9.17, 15) is 5.11 Å². The molecule has 0 aliphatic rings. The maximum absolute atomic E-state index is 9.27. The second-order valence-electron chi connectivity index (χ2n) is 4.51. The molecule has 1 unspecified atom stereocenters. The van der Waals surface area contributed by atoms with Gasteiger partial charge in [0, 0.05) is 0 Å². The Morgan fingerprint density at radius 2 is 2.18 bits per heavy atom. The van der Waals surface area contributed by atoms with Crippen LogP contribution in [-0.4, -0.2) is 18.8 Å². The van der Waals surface area contributed by atoms with Crippen molar-refractivity contribution in [2.24, 2.45) is 5.41 Å². The summed E-state index contributed by atoms with van der Waals surface area (Å²) in [5, 5.41) is 18.4. The van der Waals surface area contributed by atoms with Crippen LogP contribution in [0, 0.1) is 16.7 Å². The normalized spacial score (nSPS) is 13.8. The average Bonchev–Trinajstić information content (AvgIpc) is 2.38. The van der Waals surface area contributed by atoms with Gasteiger partial charge in [0.2, 0.25) is 0 Å². The van der Waals surface area contributed by atoms with Crippen molar-refractivity contribution in [2.45, 2.75) is 26.7 Å². The number of benzene rings is 1. The molecule has 0 heterocycles. The molecule has 1 atom stereocenters. The Bertz CT molecular complexity index is 423. The molecule has 1 aromatic carbocycles. The Labute approximate surface area is 103 Å². The zero-order chi connectivity index (χ0) is 12.9. The van der Waals surface area contributed by atoms with Crippen molar-refractivity contribution in [1.29, 1.82) is 5.26 Å². The van der Waals surface area contributed by atoms with Crippen LogP contribution >= 0.6 is 0 Å². The van der Waals surface area contributed by atoms with Gasteiger partial charge in [-0.3, -0.25) is 0 Å². The number of nitriles is 1. The van der Waals surface area contributed by atoms with E-state index in [1.54, 1.807) is 14.0 Å². The van der Waals surface area contributed by atoms with Crippen LogP contribution in [0.5, 0.6) is 5.75 Å². The molecular formula is C14H19NO2. The molecule has 0 fully saturated rings. The molecule has 0 saturated heterocycles. The number of aliphatic hydroxyl groups excluding tert-OH is 1. The fourth-order valence-electron chi connectivity index (χ4n) is 1.74.